The molecule has 0 atom stereocenters. The second kappa shape index (κ2) is 9.37. The Morgan fingerprint density at radius 3 is 2.13 bits per heavy atom. The highest BCUT2D eigenvalue weighted by Crippen LogP contribution is 2.48. The number of hydrogen-bond acceptors (Lipinski definition) is 3. The van der Waals surface area contributed by atoms with Crippen LogP contribution in [-0.4, -0.2) is 17.7 Å². The van der Waals surface area contributed by atoms with Gasteiger partial charge in [0.2, 0.25) is 5.83 Å². The maximum atomic E-state index is 15.1. The van der Waals surface area contributed by atoms with E-state index in [0.29, 0.717) is 17.6 Å². The van der Waals surface area contributed by atoms with Crippen molar-refractivity contribution in [3.05, 3.63) is 58.2 Å². The first-order valence-corrected chi connectivity index (χ1v) is 10.8. The molecule has 0 aromatic heterocycles. The third kappa shape index (κ3) is 5.25. The molecule has 1 aromatic rings. The van der Waals surface area contributed by atoms with E-state index in [1.165, 1.54) is 13.0 Å². The molecule has 1 aliphatic carbocycles. The zero-order valence-electron chi connectivity index (χ0n) is 19.7. The zero-order valence-corrected chi connectivity index (χ0v) is 19.7. The van der Waals surface area contributed by atoms with E-state index in [-0.39, 0.29) is 28.8 Å². The Bertz CT molecular complexity index is 950. The number of hydrogen-bond donors (Lipinski definition) is 1. The topological polar surface area (TPSA) is 46.5 Å². The second-order valence-electron chi connectivity index (χ2n) is 9.41. The fourth-order valence-electron chi connectivity index (χ4n) is 4.06. The van der Waals surface area contributed by atoms with E-state index in [2.05, 4.69) is 32.4 Å². The van der Waals surface area contributed by atoms with Crippen LogP contribution in [0.3, 0.4) is 0 Å². The first-order chi connectivity index (χ1) is 14.4. The molecule has 3 nitrogen and oxygen atoms in total. The highest BCUT2D eigenvalue weighted by Gasteiger charge is 2.38. The third-order valence-electron chi connectivity index (χ3n) is 6.22. The minimum atomic E-state index is -1.07. The number of fused-ring (bicyclic) bond motifs is 1. The highest BCUT2D eigenvalue weighted by molar-refractivity contribution is 5.87. The van der Waals surface area contributed by atoms with Crippen LogP contribution in [0.2, 0.25) is 0 Å². The number of carbonyl (C=O) groups is 1. The SMILES string of the molecule is CCOC(=O)\C(F)=C(C)/C=C/C(F)=C(/CC)c1cc2c(cc1O)C(C)(C)CCC2(C)C. The predicted octanol–water partition coefficient (Wildman–Crippen LogP) is 7.19. The normalized spacial score (nSPS) is 18.9. The van der Waals surface area contributed by atoms with Crippen LogP contribution in [0.15, 0.2) is 41.5 Å². The van der Waals surface area contributed by atoms with Crippen LogP contribution in [0.4, 0.5) is 8.78 Å². The Balaban J connectivity index is 2.54. The fraction of sp³-hybridized carbons (Fsp3) is 0.500. The van der Waals surface area contributed by atoms with Gasteiger partial charge >= 0.3 is 5.97 Å². The van der Waals surface area contributed by atoms with Crippen molar-refractivity contribution in [1.29, 1.82) is 0 Å². The van der Waals surface area contributed by atoms with Crippen LogP contribution in [0.1, 0.15) is 84.4 Å². The lowest BCUT2D eigenvalue weighted by molar-refractivity contribution is -0.140. The molecule has 0 unspecified atom stereocenters. The molecule has 1 aromatic carbocycles. The smallest absolute Gasteiger partial charge is 0.367 e. The molecule has 31 heavy (non-hydrogen) atoms. The van der Waals surface area contributed by atoms with Crippen molar-refractivity contribution >= 4 is 11.5 Å². The van der Waals surface area contributed by atoms with Crippen molar-refractivity contribution < 1.29 is 23.4 Å². The van der Waals surface area contributed by atoms with E-state index in [1.54, 1.807) is 19.9 Å². The summed E-state index contributed by atoms with van der Waals surface area (Å²) in [6.45, 7) is 13.5. The summed E-state index contributed by atoms with van der Waals surface area (Å²) in [5.41, 5.74) is 2.81. The summed E-state index contributed by atoms with van der Waals surface area (Å²) in [5.74, 6) is -2.66. The van der Waals surface area contributed by atoms with Crippen LogP contribution >= 0.6 is 0 Å². The summed E-state index contributed by atoms with van der Waals surface area (Å²) in [7, 11) is 0. The van der Waals surface area contributed by atoms with Crippen LogP contribution in [0.5, 0.6) is 5.75 Å². The Labute approximate surface area is 184 Å². The quantitative estimate of drug-likeness (QED) is 0.294. The van der Waals surface area contributed by atoms with Gasteiger partial charge in [-0.3, -0.25) is 0 Å². The van der Waals surface area contributed by atoms with E-state index in [1.807, 2.05) is 6.07 Å². The summed E-state index contributed by atoms with van der Waals surface area (Å²) < 4.78 is 33.8. The van der Waals surface area contributed by atoms with Gasteiger partial charge in [0.05, 0.1) is 6.61 Å². The molecule has 0 spiro atoms. The molecule has 0 heterocycles. The minimum absolute atomic E-state index is 0.0263. The van der Waals surface area contributed by atoms with Crippen molar-refractivity contribution in [3.8, 4) is 5.75 Å². The lowest BCUT2D eigenvalue weighted by Gasteiger charge is -2.42. The van der Waals surface area contributed by atoms with Gasteiger partial charge < -0.3 is 9.84 Å². The molecule has 1 N–H and O–H groups in total. The van der Waals surface area contributed by atoms with Gasteiger partial charge in [0.25, 0.3) is 0 Å². The van der Waals surface area contributed by atoms with Crippen molar-refractivity contribution in [2.45, 2.75) is 78.6 Å². The average molecular weight is 433 g/mol. The number of allylic oxidation sites excluding steroid dienone is 5. The van der Waals surface area contributed by atoms with Gasteiger partial charge in [0.1, 0.15) is 11.6 Å². The molecule has 0 fully saturated rings. The number of aromatic hydroxyl groups is 1. The summed E-state index contributed by atoms with van der Waals surface area (Å²) >= 11 is 0. The molecule has 0 amide bonds. The molecule has 0 bridgehead atoms. The summed E-state index contributed by atoms with van der Waals surface area (Å²) in [4.78, 5) is 11.5. The molecule has 0 radical (unpaired) electrons. The summed E-state index contributed by atoms with van der Waals surface area (Å²) in [6.07, 6.45) is 4.69. The standard InChI is InChI=1S/C26H34F2O3/c1-8-17(21(27)11-10-16(3)23(28)24(30)31-9-2)18-14-19-20(15-22(18)29)26(6,7)13-12-25(19,4)5/h10-11,14-15,29H,8-9,12-13H2,1-7H3/b11-10+,21-17+,23-16+. The number of esters is 1. The summed E-state index contributed by atoms with van der Waals surface area (Å²) in [6, 6.07) is 3.67. The van der Waals surface area contributed by atoms with Gasteiger partial charge in [-0.1, -0.05) is 40.7 Å². The monoisotopic (exact) mass is 432 g/mol. The lowest BCUT2D eigenvalue weighted by Crippen LogP contribution is -2.33. The average Bonchev–Trinajstić information content (AvgIpc) is 2.70. The maximum absolute atomic E-state index is 15.1. The highest BCUT2D eigenvalue weighted by atomic mass is 19.1. The largest absolute Gasteiger partial charge is 0.507 e. The van der Waals surface area contributed by atoms with E-state index < -0.39 is 17.6 Å². The minimum Gasteiger partial charge on any atom is -0.507 e. The third-order valence-corrected chi connectivity index (χ3v) is 6.22. The molecule has 0 saturated heterocycles. The fourth-order valence-corrected chi connectivity index (χ4v) is 4.06. The number of rotatable bonds is 6. The van der Waals surface area contributed by atoms with Crippen molar-refractivity contribution in [3.63, 3.8) is 0 Å². The number of halogens is 2. The van der Waals surface area contributed by atoms with Gasteiger partial charge in [-0.15, -0.1) is 0 Å². The molecular formula is C26H34F2O3. The Hall–Kier alpha value is -2.43. The zero-order chi connectivity index (χ0) is 23.6. The second-order valence-corrected chi connectivity index (χ2v) is 9.41. The van der Waals surface area contributed by atoms with Crippen LogP contribution < -0.4 is 0 Å². The van der Waals surface area contributed by atoms with Crippen LogP contribution in [0, 0.1) is 0 Å². The van der Waals surface area contributed by atoms with Gasteiger partial charge in [-0.2, -0.15) is 4.39 Å². The molecule has 0 aliphatic heterocycles. The van der Waals surface area contributed by atoms with Crippen molar-refractivity contribution in [1.82, 2.24) is 0 Å². The van der Waals surface area contributed by atoms with Gasteiger partial charge in [-0.05, 0) is 84.4 Å². The van der Waals surface area contributed by atoms with Crippen LogP contribution in [-0.2, 0) is 20.4 Å². The van der Waals surface area contributed by atoms with E-state index in [0.717, 1.165) is 30.0 Å². The van der Waals surface area contributed by atoms with Gasteiger partial charge in [0.15, 0.2) is 0 Å². The van der Waals surface area contributed by atoms with E-state index in [4.69, 9.17) is 0 Å². The predicted molar refractivity (Wildman–Crippen MR) is 121 cm³/mol. The Morgan fingerprint density at radius 1 is 1.06 bits per heavy atom. The first-order valence-electron chi connectivity index (χ1n) is 10.8. The number of benzene rings is 1. The maximum Gasteiger partial charge on any atom is 0.367 e. The van der Waals surface area contributed by atoms with E-state index >= 15 is 4.39 Å². The lowest BCUT2D eigenvalue weighted by atomic mass is 9.62. The molecule has 1 aliphatic rings. The van der Waals surface area contributed by atoms with Gasteiger partial charge in [0, 0.05) is 5.56 Å². The number of phenols is 1. The van der Waals surface area contributed by atoms with Gasteiger partial charge in [-0.25, -0.2) is 9.18 Å². The number of carbonyl (C=O) groups excluding carboxylic acids is 1. The van der Waals surface area contributed by atoms with Crippen molar-refractivity contribution in [2.24, 2.45) is 0 Å². The molecule has 2 rings (SSSR count). The molecule has 0 saturated carbocycles. The summed E-state index contributed by atoms with van der Waals surface area (Å²) in [5, 5.41) is 10.8. The Kier molecular flexibility index (Phi) is 7.51. The first kappa shape index (κ1) is 24.8. The van der Waals surface area contributed by atoms with E-state index in [9.17, 15) is 14.3 Å². The van der Waals surface area contributed by atoms with Crippen LogP contribution in [0.25, 0.3) is 5.57 Å². The Morgan fingerprint density at radius 2 is 1.61 bits per heavy atom. The molecule has 170 valence electrons. The van der Waals surface area contributed by atoms with Crippen molar-refractivity contribution in [2.75, 3.05) is 6.61 Å². The number of phenolic OH excluding ortho intramolecular Hbond substituents is 1. The number of ether oxygens (including phenoxy) is 1. The molecule has 5 heteroatoms. The molecular weight excluding hydrogens is 398 g/mol.